The van der Waals surface area contributed by atoms with Gasteiger partial charge in [-0.1, -0.05) is 6.42 Å². The average Bonchev–Trinajstić information content (AvgIpc) is 2.78. The molecule has 0 aromatic carbocycles. The van der Waals surface area contributed by atoms with Crippen LogP contribution in [0.1, 0.15) is 19.3 Å². The van der Waals surface area contributed by atoms with Crippen LogP contribution in [0.25, 0.3) is 0 Å². The number of anilines is 1. The zero-order valence-corrected chi connectivity index (χ0v) is 11.2. The highest BCUT2D eigenvalue weighted by Crippen LogP contribution is 2.31. The predicted octanol–water partition coefficient (Wildman–Crippen LogP) is 1.32. The third-order valence-electron chi connectivity index (χ3n) is 3.45. The molecule has 6 heteroatoms. The van der Waals surface area contributed by atoms with Crippen LogP contribution in [-0.2, 0) is 0 Å². The summed E-state index contributed by atoms with van der Waals surface area (Å²) in [6.45, 7) is 1.58. The summed E-state index contributed by atoms with van der Waals surface area (Å²) in [5, 5.41) is 3.23. The zero-order chi connectivity index (χ0) is 12.3. The number of hydrogen-bond acceptors (Lipinski definition) is 4. The monoisotopic (exact) mass is 300 g/mol. The largest absolute Gasteiger partial charge is 0.369 e. The topological polar surface area (TPSA) is 83.8 Å². The molecule has 5 nitrogen and oxygen atoms in total. The summed E-state index contributed by atoms with van der Waals surface area (Å²) in [4.78, 5) is 18.0. The average molecular weight is 301 g/mol. The minimum absolute atomic E-state index is 0.163. The fourth-order valence-corrected chi connectivity index (χ4v) is 2.78. The molecule has 1 aromatic rings. The summed E-state index contributed by atoms with van der Waals surface area (Å²) in [6, 6.07) is 0. The first-order chi connectivity index (χ1) is 8.22. The van der Waals surface area contributed by atoms with E-state index < -0.39 is 0 Å². The van der Waals surface area contributed by atoms with Crippen LogP contribution >= 0.6 is 15.9 Å². The second-order valence-corrected chi connectivity index (χ2v) is 5.25. The first-order valence-electron chi connectivity index (χ1n) is 5.89. The third-order valence-corrected chi connectivity index (χ3v) is 4.18. The van der Waals surface area contributed by atoms with Gasteiger partial charge in [-0.25, -0.2) is 4.98 Å². The van der Waals surface area contributed by atoms with Gasteiger partial charge in [0, 0.05) is 6.54 Å². The summed E-state index contributed by atoms with van der Waals surface area (Å²) in [5.74, 6) is 1.80. The molecule has 2 atom stereocenters. The molecule has 0 bridgehead atoms. The molecule has 1 aliphatic carbocycles. The van der Waals surface area contributed by atoms with Gasteiger partial charge in [-0.3, -0.25) is 4.79 Å². The van der Waals surface area contributed by atoms with Crippen molar-refractivity contribution < 1.29 is 0 Å². The summed E-state index contributed by atoms with van der Waals surface area (Å²) in [6.07, 6.45) is 5.07. The first-order valence-corrected chi connectivity index (χ1v) is 6.68. The van der Waals surface area contributed by atoms with Gasteiger partial charge < -0.3 is 16.0 Å². The van der Waals surface area contributed by atoms with Crippen LogP contribution in [0.4, 0.5) is 5.82 Å². The van der Waals surface area contributed by atoms with E-state index in [9.17, 15) is 4.79 Å². The van der Waals surface area contributed by atoms with Crippen molar-refractivity contribution in [3.63, 3.8) is 0 Å². The Kier molecular flexibility index (Phi) is 4.17. The maximum absolute atomic E-state index is 11.4. The van der Waals surface area contributed by atoms with Crippen molar-refractivity contribution in [1.29, 1.82) is 0 Å². The lowest BCUT2D eigenvalue weighted by molar-refractivity contribution is 0.414. The molecule has 1 heterocycles. The lowest BCUT2D eigenvalue weighted by atomic mass is 9.96. The minimum Gasteiger partial charge on any atom is -0.369 e. The molecular formula is C11H17BrN4O. The Morgan fingerprint density at radius 1 is 1.53 bits per heavy atom. The molecule has 2 rings (SSSR count). The fourth-order valence-electron chi connectivity index (χ4n) is 2.43. The van der Waals surface area contributed by atoms with Gasteiger partial charge in [0.15, 0.2) is 0 Å². The Morgan fingerprint density at radius 2 is 2.29 bits per heavy atom. The summed E-state index contributed by atoms with van der Waals surface area (Å²) < 4.78 is 0.460. The number of nitrogens with zero attached hydrogens (tertiary/aromatic N) is 1. The van der Waals surface area contributed by atoms with E-state index in [1.807, 2.05) is 0 Å². The van der Waals surface area contributed by atoms with Crippen LogP contribution < -0.4 is 16.6 Å². The molecule has 0 aliphatic heterocycles. The van der Waals surface area contributed by atoms with E-state index >= 15 is 0 Å². The van der Waals surface area contributed by atoms with Gasteiger partial charge in [0.25, 0.3) is 5.56 Å². The van der Waals surface area contributed by atoms with Gasteiger partial charge >= 0.3 is 0 Å². The van der Waals surface area contributed by atoms with Crippen molar-refractivity contribution in [2.45, 2.75) is 19.3 Å². The van der Waals surface area contributed by atoms with Gasteiger partial charge in [0.1, 0.15) is 10.3 Å². The summed E-state index contributed by atoms with van der Waals surface area (Å²) in [5.41, 5.74) is 5.58. The van der Waals surface area contributed by atoms with E-state index in [0.29, 0.717) is 22.1 Å². The molecule has 17 heavy (non-hydrogen) atoms. The van der Waals surface area contributed by atoms with E-state index in [4.69, 9.17) is 5.73 Å². The van der Waals surface area contributed by atoms with Gasteiger partial charge in [0.2, 0.25) is 0 Å². The Morgan fingerprint density at radius 3 is 3.06 bits per heavy atom. The second kappa shape index (κ2) is 5.64. The molecule has 1 fully saturated rings. The maximum atomic E-state index is 11.4. The van der Waals surface area contributed by atoms with Crippen molar-refractivity contribution in [2.75, 3.05) is 18.4 Å². The van der Waals surface area contributed by atoms with Crippen LogP contribution in [0.5, 0.6) is 0 Å². The van der Waals surface area contributed by atoms with Crippen LogP contribution in [0.3, 0.4) is 0 Å². The Hall–Kier alpha value is -0.880. The van der Waals surface area contributed by atoms with Crippen LogP contribution in [0, 0.1) is 11.8 Å². The molecule has 1 aliphatic rings. The molecule has 2 unspecified atom stereocenters. The highest BCUT2D eigenvalue weighted by Gasteiger charge is 2.25. The van der Waals surface area contributed by atoms with Gasteiger partial charge in [-0.05, 0) is 47.2 Å². The normalized spacial score (nSPS) is 23.9. The molecule has 0 amide bonds. The number of rotatable bonds is 4. The Balaban J connectivity index is 1.98. The number of halogens is 1. The quantitative estimate of drug-likeness (QED) is 0.783. The molecule has 1 saturated carbocycles. The van der Waals surface area contributed by atoms with Crippen molar-refractivity contribution in [2.24, 2.45) is 17.6 Å². The highest BCUT2D eigenvalue weighted by molar-refractivity contribution is 9.10. The first kappa shape index (κ1) is 12.6. The Labute approximate surface area is 108 Å². The zero-order valence-electron chi connectivity index (χ0n) is 9.58. The number of nitrogens with two attached hydrogens (primary N) is 1. The van der Waals surface area contributed by atoms with Crippen molar-refractivity contribution >= 4 is 21.7 Å². The van der Waals surface area contributed by atoms with Crippen molar-refractivity contribution in [3.05, 3.63) is 21.2 Å². The molecule has 4 N–H and O–H groups in total. The number of aromatic nitrogens is 2. The predicted molar refractivity (Wildman–Crippen MR) is 70.9 cm³/mol. The number of hydrogen-bond donors (Lipinski definition) is 3. The third kappa shape index (κ3) is 2.87. The van der Waals surface area contributed by atoms with E-state index in [1.54, 1.807) is 0 Å². The molecular weight excluding hydrogens is 284 g/mol. The van der Waals surface area contributed by atoms with Crippen LogP contribution in [0.15, 0.2) is 15.6 Å². The van der Waals surface area contributed by atoms with Crippen molar-refractivity contribution in [3.8, 4) is 0 Å². The molecule has 1 aromatic heterocycles. The lowest BCUT2D eigenvalue weighted by Gasteiger charge is -2.18. The van der Waals surface area contributed by atoms with Gasteiger partial charge in [0.05, 0.1) is 6.33 Å². The van der Waals surface area contributed by atoms with E-state index in [1.165, 1.54) is 25.6 Å². The van der Waals surface area contributed by atoms with Crippen LogP contribution in [0.2, 0.25) is 0 Å². The lowest BCUT2D eigenvalue weighted by Crippen LogP contribution is -2.25. The maximum Gasteiger partial charge on any atom is 0.267 e. The smallest absolute Gasteiger partial charge is 0.267 e. The van der Waals surface area contributed by atoms with Crippen molar-refractivity contribution in [1.82, 2.24) is 9.97 Å². The standard InChI is InChI=1S/C11H17BrN4O/c12-9-10(15-6-16-11(9)17)14-5-8-3-1-2-7(8)4-13/h6-8H,1-5,13H2,(H2,14,15,16,17). The fraction of sp³-hybridized carbons (Fsp3) is 0.636. The number of H-pyrrole nitrogens is 1. The molecule has 94 valence electrons. The number of aromatic amines is 1. The number of nitrogens with one attached hydrogen (secondary N) is 2. The second-order valence-electron chi connectivity index (χ2n) is 4.46. The molecule has 0 radical (unpaired) electrons. The summed E-state index contributed by atoms with van der Waals surface area (Å²) in [7, 11) is 0. The highest BCUT2D eigenvalue weighted by atomic mass is 79.9. The molecule has 0 spiro atoms. The van der Waals surface area contributed by atoms with Gasteiger partial charge in [-0.15, -0.1) is 0 Å². The SMILES string of the molecule is NCC1CCCC1CNc1nc[nH]c(=O)c1Br. The minimum atomic E-state index is -0.163. The Bertz CT molecular complexity index is 434. The van der Waals surface area contributed by atoms with E-state index in [0.717, 1.165) is 13.1 Å². The van der Waals surface area contributed by atoms with Crippen LogP contribution in [-0.4, -0.2) is 23.1 Å². The van der Waals surface area contributed by atoms with E-state index in [-0.39, 0.29) is 5.56 Å². The van der Waals surface area contributed by atoms with Gasteiger partial charge in [-0.2, -0.15) is 0 Å². The summed E-state index contributed by atoms with van der Waals surface area (Å²) >= 11 is 3.23. The van der Waals surface area contributed by atoms with E-state index in [2.05, 4.69) is 31.2 Å². The molecule has 0 saturated heterocycles.